The van der Waals surface area contributed by atoms with Gasteiger partial charge in [0, 0.05) is 33.4 Å². The average molecular weight is 431 g/mol. The molecule has 1 atom stereocenters. The van der Waals surface area contributed by atoms with E-state index in [-0.39, 0.29) is 11.5 Å². The molecule has 2 aromatic carbocycles. The number of benzene rings is 2. The normalized spacial score (nSPS) is 17.3. The van der Waals surface area contributed by atoms with Gasteiger partial charge in [0.25, 0.3) is 0 Å². The smallest absolute Gasteiger partial charge is 0.193 e. The summed E-state index contributed by atoms with van der Waals surface area (Å²) in [5, 5.41) is 14.2. The van der Waals surface area contributed by atoms with E-state index in [1.54, 1.807) is 24.3 Å². The number of ketones is 1. The Balaban J connectivity index is 2.18. The molecular formula is C20H19BrN2O2S. The number of phenols is 1. The van der Waals surface area contributed by atoms with Gasteiger partial charge in [-0.1, -0.05) is 46.3 Å². The van der Waals surface area contributed by atoms with Gasteiger partial charge in [-0.2, -0.15) is 0 Å². The van der Waals surface area contributed by atoms with E-state index in [9.17, 15) is 9.90 Å². The number of phenolic OH excluding ortho intramolecular Hbond substituents is 1. The summed E-state index contributed by atoms with van der Waals surface area (Å²) in [6.45, 7) is 4.54. The largest absolute Gasteiger partial charge is 0.508 e. The molecule has 26 heavy (non-hydrogen) atoms. The summed E-state index contributed by atoms with van der Waals surface area (Å²) in [7, 11) is 0. The lowest BCUT2D eigenvalue weighted by Gasteiger charge is -2.37. The van der Waals surface area contributed by atoms with Crippen molar-refractivity contribution in [3.63, 3.8) is 0 Å². The minimum Gasteiger partial charge on any atom is -0.508 e. The zero-order valence-electron chi connectivity index (χ0n) is 14.5. The van der Waals surface area contributed by atoms with E-state index in [1.807, 2.05) is 43.0 Å². The quantitative estimate of drug-likeness (QED) is 0.549. The molecule has 2 N–H and O–H groups in total. The average Bonchev–Trinajstić information content (AvgIpc) is 2.64. The van der Waals surface area contributed by atoms with Crippen LogP contribution >= 0.6 is 28.1 Å². The number of rotatable bonds is 4. The second kappa shape index (κ2) is 7.60. The van der Waals surface area contributed by atoms with Crippen molar-refractivity contribution in [2.75, 3.05) is 6.54 Å². The summed E-state index contributed by atoms with van der Waals surface area (Å²) in [6, 6.07) is 13.8. The Morgan fingerprint density at radius 2 is 1.96 bits per heavy atom. The van der Waals surface area contributed by atoms with E-state index in [0.29, 0.717) is 28.4 Å². The molecule has 0 fully saturated rings. The molecule has 0 radical (unpaired) electrons. The second-order valence-corrected chi connectivity index (χ2v) is 7.33. The molecule has 0 amide bonds. The fraction of sp³-hybridized carbons (Fsp3) is 0.200. The molecule has 0 bridgehead atoms. The van der Waals surface area contributed by atoms with Crippen LogP contribution in [0.25, 0.3) is 0 Å². The second-order valence-electron chi connectivity index (χ2n) is 6.02. The molecule has 1 aliphatic rings. The highest BCUT2D eigenvalue weighted by Crippen LogP contribution is 2.37. The van der Waals surface area contributed by atoms with Crippen molar-refractivity contribution >= 4 is 39.0 Å². The Morgan fingerprint density at radius 1 is 1.27 bits per heavy atom. The van der Waals surface area contributed by atoms with Crippen molar-refractivity contribution < 1.29 is 9.90 Å². The van der Waals surface area contributed by atoms with Crippen molar-refractivity contribution in [3.8, 4) is 5.75 Å². The molecule has 1 aliphatic heterocycles. The molecule has 0 aliphatic carbocycles. The number of carbonyl (C=O) groups is 1. The van der Waals surface area contributed by atoms with E-state index in [1.165, 1.54) is 0 Å². The third kappa shape index (κ3) is 3.39. The van der Waals surface area contributed by atoms with Gasteiger partial charge in [0.05, 0.1) is 6.04 Å². The first-order valence-corrected chi connectivity index (χ1v) is 9.51. The number of hydrogen-bond acceptors (Lipinski definition) is 3. The maximum absolute atomic E-state index is 13.3. The molecule has 0 spiro atoms. The summed E-state index contributed by atoms with van der Waals surface area (Å²) in [4.78, 5) is 15.2. The predicted octanol–water partition coefficient (Wildman–Crippen LogP) is 4.56. The van der Waals surface area contributed by atoms with Gasteiger partial charge in [-0.15, -0.1) is 0 Å². The summed E-state index contributed by atoms with van der Waals surface area (Å²) in [6.07, 6.45) is 0. The number of hydrogen-bond donors (Lipinski definition) is 2. The van der Waals surface area contributed by atoms with Gasteiger partial charge in [0.15, 0.2) is 10.9 Å². The van der Waals surface area contributed by atoms with Gasteiger partial charge in [-0.3, -0.25) is 4.79 Å². The fourth-order valence-corrected chi connectivity index (χ4v) is 3.95. The molecule has 3 rings (SSSR count). The first kappa shape index (κ1) is 18.6. The minimum atomic E-state index is -0.518. The van der Waals surface area contributed by atoms with E-state index >= 15 is 0 Å². The lowest BCUT2D eigenvalue weighted by molar-refractivity contribution is 0.102. The monoisotopic (exact) mass is 430 g/mol. The molecule has 1 heterocycles. The maximum Gasteiger partial charge on any atom is 0.193 e. The van der Waals surface area contributed by atoms with Crippen molar-refractivity contribution in [1.29, 1.82) is 0 Å². The van der Waals surface area contributed by atoms with Crippen LogP contribution in [0.3, 0.4) is 0 Å². The maximum atomic E-state index is 13.3. The summed E-state index contributed by atoms with van der Waals surface area (Å²) < 4.78 is 0.820. The van der Waals surface area contributed by atoms with Crippen molar-refractivity contribution in [1.82, 2.24) is 10.2 Å². The van der Waals surface area contributed by atoms with Gasteiger partial charge in [-0.05, 0) is 44.3 Å². The van der Waals surface area contributed by atoms with Crippen molar-refractivity contribution in [2.24, 2.45) is 0 Å². The molecular weight excluding hydrogens is 412 g/mol. The standard InChI is InChI=1S/C20H19BrN2O2S/c1-3-23-12(2)17(19(25)13-7-5-4-6-8-13)18(22-20(23)26)15-11-14(21)9-10-16(15)24/h4-11,18,24H,3H2,1-2H3,(H,22,26). The van der Waals surface area contributed by atoms with Crippen LogP contribution in [0.1, 0.15) is 35.8 Å². The third-order valence-electron chi connectivity index (χ3n) is 4.49. The number of halogens is 1. The minimum absolute atomic E-state index is 0.0825. The van der Waals surface area contributed by atoms with Crippen LogP contribution in [0.5, 0.6) is 5.75 Å². The van der Waals surface area contributed by atoms with Crippen LogP contribution < -0.4 is 5.32 Å². The summed E-state index contributed by atoms with van der Waals surface area (Å²) >= 11 is 8.93. The number of thiocarbonyl (C=S) groups is 1. The number of nitrogens with zero attached hydrogens (tertiary/aromatic N) is 1. The molecule has 0 saturated carbocycles. The molecule has 0 aromatic heterocycles. The summed E-state index contributed by atoms with van der Waals surface area (Å²) in [5.41, 5.74) is 2.60. The van der Waals surface area contributed by atoms with Crippen LogP contribution in [0.15, 0.2) is 64.3 Å². The Kier molecular flexibility index (Phi) is 5.44. The number of aromatic hydroxyl groups is 1. The molecule has 2 aromatic rings. The number of nitrogens with one attached hydrogen (secondary N) is 1. The van der Waals surface area contributed by atoms with Crippen LogP contribution in [0.4, 0.5) is 0 Å². The van der Waals surface area contributed by atoms with Gasteiger partial charge in [-0.25, -0.2) is 0 Å². The first-order valence-electron chi connectivity index (χ1n) is 8.31. The van der Waals surface area contributed by atoms with E-state index in [2.05, 4.69) is 21.2 Å². The lowest BCUT2D eigenvalue weighted by Crippen LogP contribution is -2.47. The van der Waals surface area contributed by atoms with Crippen LogP contribution in [0, 0.1) is 0 Å². The van der Waals surface area contributed by atoms with Gasteiger partial charge in [0.1, 0.15) is 5.75 Å². The Morgan fingerprint density at radius 3 is 2.62 bits per heavy atom. The van der Waals surface area contributed by atoms with Gasteiger partial charge < -0.3 is 15.3 Å². The lowest BCUT2D eigenvalue weighted by atomic mass is 9.89. The van der Waals surface area contributed by atoms with Crippen molar-refractivity contribution in [2.45, 2.75) is 19.9 Å². The molecule has 134 valence electrons. The molecule has 0 saturated heterocycles. The SMILES string of the molecule is CCN1C(=S)NC(c2cc(Br)ccc2O)C(C(=O)c2ccccc2)=C1C. The van der Waals surface area contributed by atoms with Crippen LogP contribution in [-0.2, 0) is 0 Å². The topological polar surface area (TPSA) is 52.6 Å². The third-order valence-corrected chi connectivity index (χ3v) is 5.33. The molecule has 1 unspecified atom stereocenters. The molecule has 6 heteroatoms. The van der Waals surface area contributed by atoms with Gasteiger partial charge in [0.2, 0.25) is 0 Å². The van der Waals surface area contributed by atoms with Crippen LogP contribution in [-0.4, -0.2) is 27.4 Å². The highest BCUT2D eigenvalue weighted by atomic mass is 79.9. The van der Waals surface area contributed by atoms with Crippen molar-refractivity contribution in [3.05, 3.63) is 75.4 Å². The summed E-state index contributed by atoms with van der Waals surface area (Å²) in [5.74, 6) is 0.0329. The van der Waals surface area contributed by atoms with E-state index in [4.69, 9.17) is 12.2 Å². The van der Waals surface area contributed by atoms with E-state index in [0.717, 1.165) is 10.2 Å². The number of Topliss-reactive ketones (excluding diaryl/α,β-unsaturated/α-hetero) is 1. The van der Waals surface area contributed by atoms with E-state index < -0.39 is 6.04 Å². The zero-order valence-corrected chi connectivity index (χ0v) is 16.9. The first-order chi connectivity index (χ1) is 12.4. The van der Waals surface area contributed by atoms with Gasteiger partial charge >= 0.3 is 0 Å². The highest BCUT2D eigenvalue weighted by Gasteiger charge is 2.34. The zero-order chi connectivity index (χ0) is 18.8. The fourth-order valence-electron chi connectivity index (χ4n) is 3.19. The Labute approximate surface area is 166 Å². The molecule has 4 nitrogen and oxygen atoms in total. The Bertz CT molecular complexity index is 896. The predicted molar refractivity (Wildman–Crippen MR) is 110 cm³/mol. The van der Waals surface area contributed by atoms with Crippen LogP contribution in [0.2, 0.25) is 0 Å². The Hall–Kier alpha value is -2.18. The number of carbonyl (C=O) groups excluding carboxylic acids is 1. The number of allylic oxidation sites excluding steroid dienone is 1. The highest BCUT2D eigenvalue weighted by molar-refractivity contribution is 9.10.